The molecule has 0 bridgehead atoms. The second kappa shape index (κ2) is 8.51. The van der Waals surface area contributed by atoms with Crippen molar-refractivity contribution >= 4 is 46.4 Å². The molecule has 0 unspecified atom stereocenters. The van der Waals surface area contributed by atoms with Crippen LogP contribution in [0.15, 0.2) is 36.5 Å². The molecule has 26 heavy (non-hydrogen) atoms. The molecule has 7 heteroatoms. The van der Waals surface area contributed by atoms with Gasteiger partial charge in [0.25, 0.3) is 0 Å². The Labute approximate surface area is 168 Å². The number of pyridine rings is 1. The van der Waals surface area contributed by atoms with E-state index < -0.39 is 0 Å². The molecule has 1 aliphatic rings. The summed E-state index contributed by atoms with van der Waals surface area (Å²) in [4.78, 5) is 4.15. The van der Waals surface area contributed by atoms with Gasteiger partial charge in [-0.05, 0) is 48.8 Å². The van der Waals surface area contributed by atoms with Crippen molar-refractivity contribution in [3.05, 3.63) is 58.0 Å². The molecule has 1 aliphatic carbocycles. The van der Waals surface area contributed by atoms with Crippen LogP contribution in [0.25, 0.3) is 0 Å². The van der Waals surface area contributed by atoms with Crippen LogP contribution in [0.2, 0.25) is 10.0 Å². The number of thiocarbonyl (C=S) groups is 1. The van der Waals surface area contributed by atoms with Crippen molar-refractivity contribution in [2.45, 2.75) is 37.5 Å². The van der Waals surface area contributed by atoms with Crippen LogP contribution in [0.1, 0.15) is 37.7 Å². The van der Waals surface area contributed by atoms with Crippen molar-refractivity contribution < 1.29 is 4.39 Å². The average Bonchev–Trinajstić information content (AvgIpc) is 2.64. The molecule has 1 aromatic heterocycles. The number of aromatic nitrogens is 1. The fourth-order valence-corrected chi connectivity index (χ4v) is 4.10. The minimum Gasteiger partial charge on any atom is -0.362 e. The van der Waals surface area contributed by atoms with E-state index in [-0.39, 0.29) is 11.2 Å². The molecular formula is C19H20Cl2FN3S. The van der Waals surface area contributed by atoms with Gasteiger partial charge in [0.05, 0.1) is 10.0 Å². The van der Waals surface area contributed by atoms with Gasteiger partial charge in [-0.3, -0.25) is 0 Å². The van der Waals surface area contributed by atoms with Crippen LogP contribution in [0.5, 0.6) is 0 Å². The summed E-state index contributed by atoms with van der Waals surface area (Å²) >= 11 is 17.4. The Kier molecular flexibility index (Phi) is 6.33. The predicted molar refractivity (Wildman–Crippen MR) is 110 cm³/mol. The van der Waals surface area contributed by atoms with Gasteiger partial charge in [0.15, 0.2) is 10.9 Å². The minimum atomic E-state index is -0.215. The van der Waals surface area contributed by atoms with E-state index in [4.69, 9.17) is 35.4 Å². The molecule has 1 heterocycles. The number of rotatable bonds is 4. The van der Waals surface area contributed by atoms with Crippen LogP contribution in [-0.2, 0) is 5.41 Å². The first-order valence-corrected chi connectivity index (χ1v) is 9.77. The van der Waals surface area contributed by atoms with E-state index >= 15 is 0 Å². The zero-order valence-electron chi connectivity index (χ0n) is 14.2. The van der Waals surface area contributed by atoms with Gasteiger partial charge in [0.2, 0.25) is 0 Å². The van der Waals surface area contributed by atoms with Gasteiger partial charge in [-0.2, -0.15) is 0 Å². The Bertz CT molecular complexity index is 777. The maximum atomic E-state index is 13.3. The molecule has 0 saturated heterocycles. The molecule has 3 rings (SSSR count). The third-order valence-electron chi connectivity index (χ3n) is 4.89. The number of hydrogen-bond acceptors (Lipinski definition) is 2. The van der Waals surface area contributed by atoms with Crippen molar-refractivity contribution in [1.29, 1.82) is 0 Å². The molecule has 2 N–H and O–H groups in total. The average molecular weight is 412 g/mol. The molecule has 0 radical (unpaired) electrons. The Morgan fingerprint density at radius 1 is 1.15 bits per heavy atom. The first kappa shape index (κ1) is 19.3. The lowest BCUT2D eigenvalue weighted by atomic mass is 9.69. The first-order chi connectivity index (χ1) is 12.5. The fraction of sp³-hybridized carbons (Fsp3) is 0.368. The summed E-state index contributed by atoms with van der Waals surface area (Å²) in [5.74, 6) is 0.251. The maximum absolute atomic E-state index is 13.3. The molecule has 0 aliphatic heterocycles. The predicted octanol–water partition coefficient (Wildman–Crippen LogP) is 5.72. The van der Waals surface area contributed by atoms with Crippen molar-refractivity contribution in [1.82, 2.24) is 10.3 Å². The number of halogens is 3. The lowest BCUT2D eigenvalue weighted by Crippen LogP contribution is -2.43. The van der Waals surface area contributed by atoms with E-state index in [2.05, 4.69) is 15.6 Å². The van der Waals surface area contributed by atoms with Crippen LogP contribution in [0.3, 0.4) is 0 Å². The Balaban J connectivity index is 1.69. The summed E-state index contributed by atoms with van der Waals surface area (Å²) in [6, 6.07) is 8.44. The highest BCUT2D eigenvalue weighted by Crippen LogP contribution is 2.39. The van der Waals surface area contributed by atoms with Gasteiger partial charge in [-0.15, -0.1) is 0 Å². The topological polar surface area (TPSA) is 37.0 Å². The summed E-state index contributed by atoms with van der Waals surface area (Å²) in [5, 5.41) is 7.64. The molecule has 0 amide bonds. The smallest absolute Gasteiger partial charge is 0.172 e. The van der Waals surface area contributed by atoms with Crippen LogP contribution < -0.4 is 10.6 Å². The van der Waals surface area contributed by atoms with E-state index in [1.807, 2.05) is 12.1 Å². The quantitative estimate of drug-likeness (QED) is 0.631. The molecular weight excluding hydrogens is 392 g/mol. The summed E-state index contributed by atoms with van der Waals surface area (Å²) in [7, 11) is 0. The number of nitrogens with one attached hydrogen (secondary N) is 2. The van der Waals surface area contributed by atoms with Gasteiger partial charge >= 0.3 is 0 Å². The lowest BCUT2D eigenvalue weighted by molar-refractivity contribution is 0.292. The highest BCUT2D eigenvalue weighted by Gasteiger charge is 2.34. The largest absolute Gasteiger partial charge is 0.362 e. The molecule has 138 valence electrons. The molecule has 3 nitrogen and oxygen atoms in total. The number of anilines is 1. The van der Waals surface area contributed by atoms with E-state index in [1.165, 1.54) is 24.8 Å². The Morgan fingerprint density at radius 3 is 2.50 bits per heavy atom. The van der Waals surface area contributed by atoms with Gasteiger partial charge < -0.3 is 10.6 Å². The highest BCUT2D eigenvalue weighted by molar-refractivity contribution is 7.80. The molecule has 1 aromatic carbocycles. The Hall–Kier alpha value is -1.43. The van der Waals surface area contributed by atoms with E-state index in [9.17, 15) is 4.39 Å². The number of nitrogens with zero attached hydrogens (tertiary/aromatic N) is 1. The van der Waals surface area contributed by atoms with E-state index in [0.717, 1.165) is 31.2 Å². The van der Waals surface area contributed by atoms with E-state index in [1.54, 1.807) is 6.07 Å². The molecule has 0 atom stereocenters. The zero-order valence-corrected chi connectivity index (χ0v) is 16.5. The van der Waals surface area contributed by atoms with Crippen molar-refractivity contribution in [3.63, 3.8) is 0 Å². The molecule has 0 spiro atoms. The van der Waals surface area contributed by atoms with Crippen LogP contribution in [-0.4, -0.2) is 16.6 Å². The summed E-state index contributed by atoms with van der Waals surface area (Å²) in [5.41, 5.74) is 1.10. The van der Waals surface area contributed by atoms with Crippen molar-refractivity contribution in [2.24, 2.45) is 0 Å². The van der Waals surface area contributed by atoms with Gasteiger partial charge in [-0.1, -0.05) is 54.6 Å². The van der Waals surface area contributed by atoms with Gasteiger partial charge in [0.1, 0.15) is 5.82 Å². The minimum absolute atomic E-state index is 0.0467. The normalized spacial score (nSPS) is 16.1. The second-order valence-corrected chi connectivity index (χ2v) is 7.89. The zero-order chi connectivity index (χ0) is 18.6. The Morgan fingerprint density at radius 2 is 1.85 bits per heavy atom. The summed E-state index contributed by atoms with van der Waals surface area (Å²) in [6.45, 7) is 0.676. The molecule has 1 fully saturated rings. The monoisotopic (exact) mass is 411 g/mol. The third kappa shape index (κ3) is 4.64. The van der Waals surface area contributed by atoms with Crippen LogP contribution in [0, 0.1) is 5.82 Å². The van der Waals surface area contributed by atoms with Gasteiger partial charge in [0, 0.05) is 18.2 Å². The number of hydrogen-bond donors (Lipinski definition) is 2. The maximum Gasteiger partial charge on any atom is 0.172 e. The van der Waals surface area contributed by atoms with Crippen molar-refractivity contribution in [3.8, 4) is 0 Å². The van der Waals surface area contributed by atoms with Crippen molar-refractivity contribution in [2.75, 3.05) is 11.9 Å². The summed E-state index contributed by atoms with van der Waals surface area (Å²) < 4.78 is 13.3. The van der Waals surface area contributed by atoms with Gasteiger partial charge in [-0.25, -0.2) is 9.37 Å². The SMILES string of the molecule is Fc1ccc(C2(CNC(=S)Nc3ncc(Cl)cc3Cl)CCCCC2)cc1. The molecule has 1 saturated carbocycles. The number of benzene rings is 1. The fourth-order valence-electron chi connectivity index (χ4n) is 3.51. The van der Waals surface area contributed by atoms with Crippen LogP contribution >= 0.6 is 35.4 Å². The van der Waals surface area contributed by atoms with Crippen LogP contribution in [0.4, 0.5) is 10.2 Å². The third-order valence-corrected chi connectivity index (χ3v) is 5.64. The standard InChI is InChI=1S/C19H20Cl2FN3S/c20-14-10-16(21)17(23-11-14)25-18(26)24-12-19(8-2-1-3-9-19)13-4-6-15(22)7-5-13/h4-7,10-11H,1-3,8-9,12H2,(H2,23,24,25,26). The summed E-state index contributed by atoms with van der Waals surface area (Å²) in [6.07, 6.45) is 7.16. The molecule has 2 aromatic rings. The second-order valence-electron chi connectivity index (χ2n) is 6.64. The lowest BCUT2D eigenvalue weighted by Gasteiger charge is -2.38. The highest BCUT2D eigenvalue weighted by atomic mass is 35.5. The van der Waals surface area contributed by atoms with E-state index in [0.29, 0.717) is 27.5 Å². The first-order valence-electron chi connectivity index (χ1n) is 8.60.